The van der Waals surface area contributed by atoms with Gasteiger partial charge in [0, 0.05) is 19.6 Å². The van der Waals surface area contributed by atoms with Crippen molar-refractivity contribution < 1.29 is 14.3 Å². The highest BCUT2D eigenvalue weighted by atomic mass is 16.5. The Hall–Kier alpha value is -1.10. The minimum Gasteiger partial charge on any atom is -0.468 e. The molecule has 0 aromatic rings. The number of carbonyl (C=O) groups excluding carboxylic acids is 2. The number of methoxy groups -OCH3 is 1. The zero-order valence-electron chi connectivity index (χ0n) is 12.0. The summed E-state index contributed by atoms with van der Waals surface area (Å²) in [7, 11) is 5.15. The van der Waals surface area contributed by atoms with E-state index in [1.165, 1.54) is 7.11 Å². The third-order valence-corrected chi connectivity index (χ3v) is 3.65. The Morgan fingerprint density at radius 2 is 2.00 bits per heavy atom. The van der Waals surface area contributed by atoms with E-state index in [9.17, 15) is 9.59 Å². The van der Waals surface area contributed by atoms with Crippen molar-refractivity contribution in [3.63, 3.8) is 0 Å². The number of ether oxygens (including phenoxy) is 1. The highest BCUT2D eigenvalue weighted by Gasteiger charge is 2.36. The molecule has 2 atom stereocenters. The number of hydrogen-bond acceptors (Lipinski definition) is 4. The fourth-order valence-corrected chi connectivity index (χ4v) is 2.41. The topological polar surface area (TPSA) is 49.9 Å². The van der Waals surface area contributed by atoms with Gasteiger partial charge in [0.1, 0.15) is 5.92 Å². The van der Waals surface area contributed by atoms with Crippen LogP contribution in [0.3, 0.4) is 0 Å². The Labute approximate surface area is 109 Å². The van der Waals surface area contributed by atoms with Crippen molar-refractivity contribution in [2.45, 2.75) is 26.3 Å². The SMILES string of the molecule is COC(=O)C(C(=O)N(C)C1CCN(C)C1)C(C)C. The second kappa shape index (κ2) is 6.18. The van der Waals surface area contributed by atoms with E-state index in [1.54, 1.807) is 11.9 Å². The summed E-state index contributed by atoms with van der Waals surface area (Å²) in [6, 6.07) is 0.202. The fourth-order valence-electron chi connectivity index (χ4n) is 2.41. The predicted octanol–water partition coefficient (Wildman–Crippen LogP) is 0.594. The molecule has 1 fully saturated rings. The van der Waals surface area contributed by atoms with Crippen LogP contribution in [-0.4, -0.2) is 62.0 Å². The molecular weight excluding hydrogens is 232 g/mol. The molecule has 0 aromatic carbocycles. The lowest BCUT2D eigenvalue weighted by molar-refractivity contribution is -0.156. The van der Waals surface area contributed by atoms with Gasteiger partial charge in [-0.3, -0.25) is 9.59 Å². The van der Waals surface area contributed by atoms with E-state index < -0.39 is 11.9 Å². The summed E-state index contributed by atoms with van der Waals surface area (Å²) >= 11 is 0. The molecule has 0 N–H and O–H groups in total. The molecule has 104 valence electrons. The lowest BCUT2D eigenvalue weighted by atomic mass is 9.94. The maximum absolute atomic E-state index is 12.4. The van der Waals surface area contributed by atoms with Crippen LogP contribution in [-0.2, 0) is 14.3 Å². The van der Waals surface area contributed by atoms with E-state index in [-0.39, 0.29) is 17.9 Å². The van der Waals surface area contributed by atoms with Gasteiger partial charge in [-0.2, -0.15) is 0 Å². The standard InChI is InChI=1S/C13H24N2O3/c1-9(2)11(13(17)18-5)12(16)15(4)10-6-7-14(3)8-10/h9-11H,6-8H2,1-5H3. The number of nitrogens with zero attached hydrogens (tertiary/aromatic N) is 2. The van der Waals surface area contributed by atoms with Crippen LogP contribution in [0.5, 0.6) is 0 Å². The van der Waals surface area contributed by atoms with Gasteiger partial charge in [0.15, 0.2) is 0 Å². The van der Waals surface area contributed by atoms with Crippen molar-refractivity contribution in [1.29, 1.82) is 0 Å². The monoisotopic (exact) mass is 256 g/mol. The van der Waals surface area contributed by atoms with Crippen molar-refractivity contribution in [3.05, 3.63) is 0 Å². The van der Waals surface area contributed by atoms with Gasteiger partial charge < -0.3 is 14.5 Å². The minimum absolute atomic E-state index is 0.0495. The molecule has 1 aliphatic rings. The van der Waals surface area contributed by atoms with E-state index >= 15 is 0 Å². The van der Waals surface area contributed by atoms with Gasteiger partial charge in [0.05, 0.1) is 7.11 Å². The van der Waals surface area contributed by atoms with E-state index in [2.05, 4.69) is 4.90 Å². The zero-order chi connectivity index (χ0) is 13.9. The molecule has 5 nitrogen and oxygen atoms in total. The number of esters is 1. The van der Waals surface area contributed by atoms with Gasteiger partial charge in [0.2, 0.25) is 5.91 Å². The van der Waals surface area contributed by atoms with Crippen molar-refractivity contribution >= 4 is 11.9 Å². The van der Waals surface area contributed by atoms with Crippen LogP contribution in [0.15, 0.2) is 0 Å². The van der Waals surface area contributed by atoms with E-state index in [1.807, 2.05) is 20.9 Å². The van der Waals surface area contributed by atoms with E-state index in [0.29, 0.717) is 0 Å². The molecule has 1 rings (SSSR count). The molecule has 0 bridgehead atoms. The summed E-state index contributed by atoms with van der Waals surface area (Å²) in [5.74, 6) is -1.30. The highest BCUT2D eigenvalue weighted by Crippen LogP contribution is 2.20. The normalized spacial score (nSPS) is 22.0. The Bertz CT molecular complexity index is 317. The molecule has 1 saturated heterocycles. The number of amides is 1. The largest absolute Gasteiger partial charge is 0.468 e. The van der Waals surface area contributed by atoms with Crippen LogP contribution in [0.2, 0.25) is 0 Å². The first-order chi connectivity index (χ1) is 8.38. The number of hydrogen-bond donors (Lipinski definition) is 0. The van der Waals surface area contributed by atoms with Gasteiger partial charge >= 0.3 is 5.97 Å². The first-order valence-electron chi connectivity index (χ1n) is 6.41. The minimum atomic E-state index is -0.689. The van der Waals surface area contributed by atoms with Crippen molar-refractivity contribution in [2.24, 2.45) is 11.8 Å². The summed E-state index contributed by atoms with van der Waals surface area (Å²) in [5.41, 5.74) is 0. The molecule has 0 aliphatic carbocycles. The van der Waals surface area contributed by atoms with Gasteiger partial charge in [-0.1, -0.05) is 13.8 Å². The van der Waals surface area contributed by atoms with Crippen molar-refractivity contribution in [3.8, 4) is 0 Å². The Kier molecular flexibility index (Phi) is 5.14. The molecule has 5 heteroatoms. The van der Waals surface area contributed by atoms with Crippen molar-refractivity contribution in [2.75, 3.05) is 34.3 Å². The Morgan fingerprint density at radius 1 is 1.39 bits per heavy atom. The van der Waals surface area contributed by atoms with Crippen LogP contribution in [0.4, 0.5) is 0 Å². The first kappa shape index (κ1) is 15.0. The smallest absolute Gasteiger partial charge is 0.318 e. The molecule has 1 amide bonds. The maximum Gasteiger partial charge on any atom is 0.318 e. The Balaban J connectivity index is 2.73. The first-order valence-corrected chi connectivity index (χ1v) is 6.41. The molecule has 1 aliphatic heterocycles. The quantitative estimate of drug-likeness (QED) is 0.546. The van der Waals surface area contributed by atoms with Crippen LogP contribution < -0.4 is 0 Å². The van der Waals surface area contributed by atoms with Crippen LogP contribution >= 0.6 is 0 Å². The summed E-state index contributed by atoms with van der Waals surface area (Å²) < 4.78 is 4.73. The van der Waals surface area contributed by atoms with Gasteiger partial charge in [-0.25, -0.2) is 0 Å². The number of likely N-dealkylation sites (tertiary alicyclic amines) is 1. The average molecular weight is 256 g/mol. The van der Waals surface area contributed by atoms with Crippen molar-refractivity contribution in [1.82, 2.24) is 9.80 Å². The zero-order valence-corrected chi connectivity index (χ0v) is 12.0. The van der Waals surface area contributed by atoms with Crippen LogP contribution in [0.25, 0.3) is 0 Å². The summed E-state index contributed by atoms with van der Waals surface area (Å²) in [4.78, 5) is 28.0. The molecule has 0 saturated carbocycles. The highest BCUT2D eigenvalue weighted by molar-refractivity contribution is 5.98. The Morgan fingerprint density at radius 3 is 2.39 bits per heavy atom. The summed E-state index contributed by atoms with van der Waals surface area (Å²) in [6.45, 7) is 5.60. The van der Waals surface area contributed by atoms with Crippen LogP contribution in [0, 0.1) is 11.8 Å². The van der Waals surface area contributed by atoms with Gasteiger partial charge in [-0.15, -0.1) is 0 Å². The second-order valence-corrected chi connectivity index (χ2v) is 5.40. The van der Waals surface area contributed by atoms with E-state index in [4.69, 9.17) is 4.74 Å². The molecule has 2 unspecified atom stereocenters. The maximum atomic E-state index is 12.4. The second-order valence-electron chi connectivity index (χ2n) is 5.40. The third kappa shape index (κ3) is 3.22. The average Bonchev–Trinajstić information content (AvgIpc) is 2.74. The molecule has 0 aromatic heterocycles. The molecular formula is C13H24N2O3. The lowest BCUT2D eigenvalue weighted by Crippen LogP contribution is -2.45. The number of likely N-dealkylation sites (N-methyl/N-ethyl adjacent to an activating group) is 2. The fraction of sp³-hybridized carbons (Fsp3) is 0.846. The lowest BCUT2D eigenvalue weighted by Gasteiger charge is -2.29. The van der Waals surface area contributed by atoms with Gasteiger partial charge in [0.25, 0.3) is 0 Å². The molecule has 0 spiro atoms. The van der Waals surface area contributed by atoms with Crippen LogP contribution in [0.1, 0.15) is 20.3 Å². The third-order valence-electron chi connectivity index (χ3n) is 3.65. The number of carbonyl (C=O) groups is 2. The predicted molar refractivity (Wildman–Crippen MR) is 69.0 cm³/mol. The molecule has 0 radical (unpaired) electrons. The summed E-state index contributed by atoms with van der Waals surface area (Å²) in [5, 5.41) is 0. The molecule has 18 heavy (non-hydrogen) atoms. The summed E-state index contributed by atoms with van der Waals surface area (Å²) in [6.07, 6.45) is 0.963. The number of rotatable bonds is 4. The molecule has 1 heterocycles. The van der Waals surface area contributed by atoms with E-state index in [0.717, 1.165) is 19.5 Å². The van der Waals surface area contributed by atoms with Gasteiger partial charge in [-0.05, 0) is 25.9 Å².